The standard InChI is InChI=1S/C17H25NO3/c1-6-21-15(19)11-12-18(5)16(20)13-7-9-14(10-8-13)17(2,3)4/h7-10H,6,11-12H2,1-5H3. The molecule has 1 amide bonds. The second kappa shape index (κ2) is 7.25. The van der Waals surface area contributed by atoms with Gasteiger partial charge in [0.05, 0.1) is 13.0 Å². The molecule has 0 atom stereocenters. The van der Waals surface area contributed by atoms with E-state index in [2.05, 4.69) is 20.8 Å². The first-order valence-corrected chi connectivity index (χ1v) is 7.27. The zero-order valence-corrected chi connectivity index (χ0v) is 13.6. The quantitative estimate of drug-likeness (QED) is 0.783. The number of carbonyl (C=O) groups excluding carboxylic acids is 2. The topological polar surface area (TPSA) is 46.6 Å². The van der Waals surface area contributed by atoms with Gasteiger partial charge in [0.2, 0.25) is 0 Å². The van der Waals surface area contributed by atoms with Crippen LogP contribution in [-0.4, -0.2) is 37.0 Å². The van der Waals surface area contributed by atoms with Crippen molar-refractivity contribution >= 4 is 11.9 Å². The van der Waals surface area contributed by atoms with Gasteiger partial charge in [-0.15, -0.1) is 0 Å². The molecule has 116 valence electrons. The van der Waals surface area contributed by atoms with Gasteiger partial charge in [0, 0.05) is 19.2 Å². The lowest BCUT2D eigenvalue weighted by molar-refractivity contribution is -0.143. The van der Waals surface area contributed by atoms with Gasteiger partial charge in [-0.1, -0.05) is 32.9 Å². The van der Waals surface area contributed by atoms with Crippen LogP contribution in [0.25, 0.3) is 0 Å². The summed E-state index contributed by atoms with van der Waals surface area (Å²) in [4.78, 5) is 25.1. The number of carbonyl (C=O) groups is 2. The average molecular weight is 291 g/mol. The summed E-state index contributed by atoms with van der Waals surface area (Å²) in [5.74, 6) is -0.361. The molecule has 0 fully saturated rings. The van der Waals surface area contributed by atoms with Crippen LogP contribution < -0.4 is 0 Å². The number of nitrogens with zero attached hydrogens (tertiary/aromatic N) is 1. The van der Waals surface area contributed by atoms with Crippen LogP contribution in [0.1, 0.15) is 50.0 Å². The van der Waals surface area contributed by atoms with Gasteiger partial charge in [0.25, 0.3) is 5.91 Å². The van der Waals surface area contributed by atoms with Crippen molar-refractivity contribution in [3.05, 3.63) is 35.4 Å². The summed E-state index contributed by atoms with van der Waals surface area (Å²) in [6.07, 6.45) is 0.218. The Morgan fingerprint density at radius 2 is 1.71 bits per heavy atom. The van der Waals surface area contributed by atoms with Crippen molar-refractivity contribution in [1.82, 2.24) is 4.90 Å². The third-order valence-electron chi connectivity index (χ3n) is 3.30. The van der Waals surface area contributed by atoms with Crippen molar-refractivity contribution in [1.29, 1.82) is 0 Å². The molecular weight excluding hydrogens is 266 g/mol. The van der Waals surface area contributed by atoms with E-state index in [1.165, 1.54) is 5.56 Å². The van der Waals surface area contributed by atoms with Crippen LogP contribution in [0.5, 0.6) is 0 Å². The van der Waals surface area contributed by atoms with Crippen molar-refractivity contribution in [2.75, 3.05) is 20.2 Å². The highest BCUT2D eigenvalue weighted by Gasteiger charge is 2.16. The summed E-state index contributed by atoms with van der Waals surface area (Å²) < 4.78 is 4.85. The van der Waals surface area contributed by atoms with Crippen molar-refractivity contribution in [2.24, 2.45) is 0 Å². The zero-order chi connectivity index (χ0) is 16.0. The normalized spacial score (nSPS) is 11.1. The fraction of sp³-hybridized carbons (Fsp3) is 0.529. The van der Waals surface area contributed by atoms with Gasteiger partial charge in [-0.05, 0) is 30.0 Å². The minimum Gasteiger partial charge on any atom is -0.466 e. The smallest absolute Gasteiger partial charge is 0.307 e. The van der Waals surface area contributed by atoms with E-state index < -0.39 is 0 Å². The first-order chi connectivity index (χ1) is 9.75. The maximum atomic E-state index is 12.2. The molecule has 4 heteroatoms. The average Bonchev–Trinajstić information content (AvgIpc) is 2.43. The lowest BCUT2D eigenvalue weighted by atomic mass is 9.86. The molecule has 1 aromatic carbocycles. The number of rotatable bonds is 5. The van der Waals surface area contributed by atoms with E-state index in [-0.39, 0.29) is 23.7 Å². The Balaban J connectivity index is 2.64. The Bertz CT molecular complexity index is 486. The Morgan fingerprint density at radius 1 is 1.14 bits per heavy atom. The molecule has 0 bridgehead atoms. The van der Waals surface area contributed by atoms with Gasteiger partial charge >= 0.3 is 5.97 Å². The molecule has 21 heavy (non-hydrogen) atoms. The van der Waals surface area contributed by atoms with Gasteiger partial charge in [-0.2, -0.15) is 0 Å². The molecule has 0 aromatic heterocycles. The summed E-state index contributed by atoms with van der Waals surface area (Å²) in [7, 11) is 1.69. The second-order valence-corrected chi connectivity index (χ2v) is 6.11. The van der Waals surface area contributed by atoms with Crippen molar-refractivity contribution in [2.45, 2.75) is 39.5 Å². The van der Waals surface area contributed by atoms with Crippen molar-refractivity contribution < 1.29 is 14.3 Å². The minimum absolute atomic E-state index is 0.0669. The van der Waals surface area contributed by atoms with E-state index in [1.807, 2.05) is 24.3 Å². The van der Waals surface area contributed by atoms with Crippen LogP contribution in [0.2, 0.25) is 0 Å². The van der Waals surface area contributed by atoms with Crippen LogP contribution >= 0.6 is 0 Å². The van der Waals surface area contributed by atoms with Crippen LogP contribution in [0.3, 0.4) is 0 Å². The van der Waals surface area contributed by atoms with E-state index >= 15 is 0 Å². The van der Waals surface area contributed by atoms with Gasteiger partial charge in [-0.3, -0.25) is 9.59 Å². The molecule has 1 rings (SSSR count). The zero-order valence-electron chi connectivity index (χ0n) is 13.6. The summed E-state index contributed by atoms with van der Waals surface area (Å²) >= 11 is 0. The predicted molar refractivity (Wildman–Crippen MR) is 83.4 cm³/mol. The van der Waals surface area contributed by atoms with E-state index in [0.717, 1.165) is 0 Å². The first-order valence-electron chi connectivity index (χ1n) is 7.27. The van der Waals surface area contributed by atoms with Crippen LogP contribution in [0.4, 0.5) is 0 Å². The monoisotopic (exact) mass is 291 g/mol. The highest BCUT2D eigenvalue weighted by atomic mass is 16.5. The highest BCUT2D eigenvalue weighted by Crippen LogP contribution is 2.22. The number of benzene rings is 1. The Labute approximate surface area is 127 Å². The molecule has 0 saturated carbocycles. The maximum Gasteiger partial charge on any atom is 0.307 e. The first kappa shape index (κ1) is 17.2. The van der Waals surface area contributed by atoms with Gasteiger partial charge in [-0.25, -0.2) is 0 Å². The molecule has 0 heterocycles. The molecule has 0 aliphatic heterocycles. The maximum absolute atomic E-state index is 12.2. The molecular formula is C17H25NO3. The molecule has 0 aliphatic carbocycles. The van der Waals surface area contributed by atoms with Gasteiger partial charge in [0.1, 0.15) is 0 Å². The molecule has 0 spiro atoms. The van der Waals surface area contributed by atoms with Gasteiger partial charge < -0.3 is 9.64 Å². The number of hydrogen-bond acceptors (Lipinski definition) is 3. The Morgan fingerprint density at radius 3 is 2.19 bits per heavy atom. The van der Waals surface area contributed by atoms with Crippen molar-refractivity contribution in [3.8, 4) is 0 Å². The molecule has 1 aromatic rings. The SMILES string of the molecule is CCOC(=O)CCN(C)C(=O)c1ccc(C(C)(C)C)cc1. The lowest BCUT2D eigenvalue weighted by Gasteiger charge is -2.20. The van der Waals surface area contributed by atoms with Gasteiger partial charge in [0.15, 0.2) is 0 Å². The largest absolute Gasteiger partial charge is 0.466 e. The van der Waals surface area contributed by atoms with E-state index in [0.29, 0.717) is 18.7 Å². The number of amides is 1. The second-order valence-electron chi connectivity index (χ2n) is 6.11. The van der Waals surface area contributed by atoms with Crippen LogP contribution in [0, 0.1) is 0 Å². The molecule has 0 N–H and O–H groups in total. The third-order valence-corrected chi connectivity index (χ3v) is 3.30. The fourth-order valence-electron chi connectivity index (χ4n) is 1.93. The molecule has 0 aliphatic rings. The van der Waals surface area contributed by atoms with Crippen LogP contribution in [-0.2, 0) is 14.9 Å². The molecule has 0 radical (unpaired) electrons. The summed E-state index contributed by atoms with van der Waals surface area (Å²) in [6.45, 7) is 8.90. The molecule has 4 nitrogen and oxygen atoms in total. The Kier molecular flexibility index (Phi) is 5.94. The van der Waals surface area contributed by atoms with E-state index in [1.54, 1.807) is 18.9 Å². The molecule has 0 saturated heterocycles. The summed E-state index contributed by atoms with van der Waals surface area (Å²) in [6, 6.07) is 7.63. The Hall–Kier alpha value is -1.84. The summed E-state index contributed by atoms with van der Waals surface area (Å²) in [5, 5.41) is 0. The number of esters is 1. The minimum atomic E-state index is -0.278. The number of hydrogen-bond donors (Lipinski definition) is 0. The van der Waals surface area contributed by atoms with E-state index in [9.17, 15) is 9.59 Å². The highest BCUT2D eigenvalue weighted by molar-refractivity contribution is 5.94. The lowest BCUT2D eigenvalue weighted by Crippen LogP contribution is -2.29. The third kappa shape index (κ3) is 5.21. The fourth-order valence-corrected chi connectivity index (χ4v) is 1.93. The predicted octanol–water partition coefficient (Wildman–Crippen LogP) is 3.01. The van der Waals surface area contributed by atoms with E-state index in [4.69, 9.17) is 4.74 Å². The summed E-state index contributed by atoms with van der Waals surface area (Å²) in [5.41, 5.74) is 1.89. The van der Waals surface area contributed by atoms with Crippen molar-refractivity contribution in [3.63, 3.8) is 0 Å². The van der Waals surface area contributed by atoms with Crippen LogP contribution in [0.15, 0.2) is 24.3 Å². The molecule has 0 unspecified atom stereocenters. The number of ether oxygens (including phenoxy) is 1.